The smallest absolute Gasteiger partial charge is 0.221 e. The zero-order valence-electron chi connectivity index (χ0n) is 14.7. The van der Waals surface area contributed by atoms with Gasteiger partial charge in [0.25, 0.3) is 0 Å². The van der Waals surface area contributed by atoms with Crippen LogP contribution in [0.4, 0.5) is 5.69 Å². The number of nitrogens with one attached hydrogen (secondary N) is 3. The van der Waals surface area contributed by atoms with Crippen molar-refractivity contribution in [3.8, 4) is 0 Å². The molecule has 0 aliphatic heterocycles. The van der Waals surface area contributed by atoms with E-state index < -0.39 is 0 Å². The molecule has 25 heavy (non-hydrogen) atoms. The van der Waals surface area contributed by atoms with Crippen molar-refractivity contribution < 1.29 is 4.79 Å². The lowest BCUT2D eigenvalue weighted by Gasteiger charge is -2.18. The van der Waals surface area contributed by atoms with Gasteiger partial charge in [-0.05, 0) is 30.2 Å². The van der Waals surface area contributed by atoms with E-state index in [1.807, 2.05) is 42.5 Å². The van der Waals surface area contributed by atoms with E-state index in [-0.39, 0.29) is 35.9 Å². The minimum atomic E-state index is -0.0747. The Kier molecular flexibility index (Phi) is 8.98. The Morgan fingerprint density at radius 2 is 1.84 bits per heavy atom. The predicted octanol–water partition coefficient (Wildman–Crippen LogP) is 3.69. The summed E-state index contributed by atoms with van der Waals surface area (Å²) in [5, 5.41) is 9.45. The van der Waals surface area contributed by atoms with Crippen LogP contribution in [-0.4, -0.2) is 18.9 Å². The largest absolute Gasteiger partial charge is 0.352 e. The molecule has 1 atom stereocenters. The topological polar surface area (TPSA) is 65.5 Å². The fourth-order valence-corrected chi connectivity index (χ4v) is 2.37. The summed E-state index contributed by atoms with van der Waals surface area (Å²) in [6, 6.07) is 18.1. The first kappa shape index (κ1) is 21.0. The Morgan fingerprint density at radius 3 is 2.48 bits per heavy atom. The van der Waals surface area contributed by atoms with Crippen molar-refractivity contribution in [2.24, 2.45) is 4.99 Å². The van der Waals surface area contributed by atoms with Crippen LogP contribution in [0.3, 0.4) is 0 Å². The summed E-state index contributed by atoms with van der Waals surface area (Å²) >= 11 is 0. The maximum atomic E-state index is 11.1. The Morgan fingerprint density at radius 1 is 1.12 bits per heavy atom. The maximum Gasteiger partial charge on any atom is 0.221 e. The summed E-state index contributed by atoms with van der Waals surface area (Å²) in [4.78, 5) is 15.4. The van der Waals surface area contributed by atoms with Crippen LogP contribution in [0.5, 0.6) is 0 Å². The standard InChI is InChI=1S/C19H24N4O.HI/c1-14(17-9-5-4-6-10-17)22-19(20-3)21-13-16-8-7-11-18(12-16)23-15(2)24;/h4-12,14H,13H2,1-3H3,(H,23,24)(H2,20,21,22);1H. The highest BCUT2D eigenvalue weighted by Crippen LogP contribution is 2.12. The molecule has 0 aliphatic rings. The van der Waals surface area contributed by atoms with Gasteiger partial charge < -0.3 is 16.0 Å². The second-order valence-electron chi connectivity index (χ2n) is 5.58. The molecule has 1 amide bonds. The summed E-state index contributed by atoms with van der Waals surface area (Å²) in [7, 11) is 1.75. The van der Waals surface area contributed by atoms with Gasteiger partial charge in [-0.3, -0.25) is 9.79 Å². The third kappa shape index (κ3) is 7.13. The molecule has 2 aromatic rings. The van der Waals surface area contributed by atoms with Gasteiger partial charge in [0.1, 0.15) is 0 Å². The summed E-state index contributed by atoms with van der Waals surface area (Å²) in [5.41, 5.74) is 3.06. The molecule has 0 spiro atoms. The highest BCUT2D eigenvalue weighted by atomic mass is 127. The molecular weight excluding hydrogens is 427 g/mol. The van der Waals surface area contributed by atoms with Crippen molar-refractivity contribution in [2.45, 2.75) is 26.4 Å². The second kappa shape index (κ2) is 10.7. The Balaban J connectivity index is 0.00000312. The van der Waals surface area contributed by atoms with Gasteiger partial charge in [0.05, 0.1) is 6.04 Å². The average molecular weight is 452 g/mol. The van der Waals surface area contributed by atoms with E-state index in [4.69, 9.17) is 0 Å². The predicted molar refractivity (Wildman–Crippen MR) is 114 cm³/mol. The van der Waals surface area contributed by atoms with Gasteiger partial charge in [0, 0.05) is 26.2 Å². The molecule has 0 radical (unpaired) electrons. The van der Waals surface area contributed by atoms with Crippen molar-refractivity contribution in [3.05, 3.63) is 65.7 Å². The van der Waals surface area contributed by atoms with Crippen LogP contribution in [0, 0.1) is 0 Å². The number of hydrogen-bond acceptors (Lipinski definition) is 2. The third-order valence-electron chi connectivity index (χ3n) is 3.58. The van der Waals surface area contributed by atoms with E-state index in [1.54, 1.807) is 7.05 Å². The first-order valence-corrected chi connectivity index (χ1v) is 7.97. The van der Waals surface area contributed by atoms with Crippen molar-refractivity contribution in [1.82, 2.24) is 10.6 Å². The zero-order chi connectivity index (χ0) is 17.4. The molecule has 6 heteroatoms. The molecular formula is C19H25IN4O. The quantitative estimate of drug-likeness (QED) is 0.369. The lowest BCUT2D eigenvalue weighted by atomic mass is 10.1. The molecule has 0 bridgehead atoms. The van der Waals surface area contributed by atoms with Gasteiger partial charge in [-0.15, -0.1) is 24.0 Å². The first-order chi connectivity index (χ1) is 11.6. The van der Waals surface area contributed by atoms with Crippen molar-refractivity contribution >= 4 is 41.5 Å². The van der Waals surface area contributed by atoms with E-state index in [2.05, 4.69) is 40.0 Å². The van der Waals surface area contributed by atoms with Crippen molar-refractivity contribution in [2.75, 3.05) is 12.4 Å². The molecule has 3 N–H and O–H groups in total. The molecule has 0 heterocycles. The molecule has 1 unspecified atom stereocenters. The van der Waals surface area contributed by atoms with Gasteiger partial charge in [0.2, 0.25) is 5.91 Å². The summed E-state index contributed by atoms with van der Waals surface area (Å²) in [6.07, 6.45) is 0. The normalized spacial score (nSPS) is 11.9. The minimum absolute atomic E-state index is 0. The molecule has 5 nitrogen and oxygen atoms in total. The molecule has 2 rings (SSSR count). The number of nitrogens with zero attached hydrogens (tertiary/aromatic N) is 1. The van der Waals surface area contributed by atoms with E-state index in [9.17, 15) is 4.79 Å². The molecule has 0 fully saturated rings. The van der Waals surface area contributed by atoms with Crippen LogP contribution in [0.15, 0.2) is 59.6 Å². The summed E-state index contributed by atoms with van der Waals surface area (Å²) < 4.78 is 0. The molecule has 0 saturated heterocycles. The van der Waals surface area contributed by atoms with Gasteiger partial charge in [-0.25, -0.2) is 0 Å². The zero-order valence-corrected chi connectivity index (χ0v) is 17.1. The van der Waals surface area contributed by atoms with E-state index in [0.29, 0.717) is 6.54 Å². The number of benzene rings is 2. The first-order valence-electron chi connectivity index (χ1n) is 7.97. The number of carbonyl (C=O) groups is 1. The van der Waals surface area contributed by atoms with Crippen LogP contribution in [0.2, 0.25) is 0 Å². The fraction of sp³-hybridized carbons (Fsp3) is 0.263. The molecule has 2 aromatic carbocycles. The lowest BCUT2D eigenvalue weighted by molar-refractivity contribution is -0.114. The third-order valence-corrected chi connectivity index (χ3v) is 3.58. The van der Waals surface area contributed by atoms with Crippen LogP contribution in [0.1, 0.15) is 31.0 Å². The van der Waals surface area contributed by atoms with E-state index in [1.165, 1.54) is 12.5 Å². The van der Waals surface area contributed by atoms with Gasteiger partial charge >= 0.3 is 0 Å². The maximum absolute atomic E-state index is 11.1. The van der Waals surface area contributed by atoms with Crippen LogP contribution >= 0.6 is 24.0 Å². The number of rotatable bonds is 5. The SMILES string of the molecule is CN=C(NCc1cccc(NC(C)=O)c1)NC(C)c1ccccc1.I. The lowest BCUT2D eigenvalue weighted by Crippen LogP contribution is -2.38. The highest BCUT2D eigenvalue weighted by molar-refractivity contribution is 14.0. The number of halogens is 1. The fourth-order valence-electron chi connectivity index (χ4n) is 2.37. The highest BCUT2D eigenvalue weighted by Gasteiger charge is 2.07. The average Bonchev–Trinajstić information content (AvgIpc) is 2.59. The van der Waals surface area contributed by atoms with Crippen LogP contribution < -0.4 is 16.0 Å². The number of aliphatic imine (C=N–C) groups is 1. The Bertz CT molecular complexity index is 704. The van der Waals surface area contributed by atoms with E-state index >= 15 is 0 Å². The Labute approximate surface area is 166 Å². The van der Waals surface area contributed by atoms with Gasteiger partial charge in [-0.1, -0.05) is 42.5 Å². The second-order valence-corrected chi connectivity index (χ2v) is 5.58. The monoisotopic (exact) mass is 452 g/mol. The van der Waals surface area contributed by atoms with Gasteiger partial charge in [-0.2, -0.15) is 0 Å². The summed E-state index contributed by atoms with van der Waals surface area (Å²) in [6.45, 7) is 4.22. The van der Waals surface area contributed by atoms with Crippen molar-refractivity contribution in [1.29, 1.82) is 0 Å². The molecule has 134 valence electrons. The van der Waals surface area contributed by atoms with Crippen LogP contribution in [0.25, 0.3) is 0 Å². The van der Waals surface area contributed by atoms with Crippen molar-refractivity contribution in [3.63, 3.8) is 0 Å². The van der Waals surface area contributed by atoms with Gasteiger partial charge in [0.15, 0.2) is 5.96 Å². The number of anilines is 1. The molecule has 0 aromatic heterocycles. The molecule has 0 saturated carbocycles. The number of amides is 1. The Hall–Kier alpha value is -2.09. The van der Waals surface area contributed by atoms with Crippen LogP contribution in [-0.2, 0) is 11.3 Å². The number of guanidine groups is 1. The number of hydrogen-bond donors (Lipinski definition) is 3. The minimum Gasteiger partial charge on any atom is -0.352 e. The summed E-state index contributed by atoms with van der Waals surface area (Å²) in [5.74, 6) is 0.658. The molecule has 0 aliphatic carbocycles. The number of carbonyl (C=O) groups excluding carboxylic acids is 1. The van der Waals surface area contributed by atoms with E-state index in [0.717, 1.165) is 17.2 Å².